The molecule has 2 aliphatic rings. The summed E-state index contributed by atoms with van der Waals surface area (Å²) >= 11 is 0. The number of hydrogen-bond donors (Lipinski definition) is 0. The Morgan fingerprint density at radius 1 is 1.17 bits per heavy atom. The summed E-state index contributed by atoms with van der Waals surface area (Å²) in [6.07, 6.45) is -2.79. The fourth-order valence-electron chi connectivity index (χ4n) is 5.08. The van der Waals surface area contributed by atoms with E-state index in [1.165, 1.54) is 0 Å². The van der Waals surface area contributed by atoms with Gasteiger partial charge in [-0.25, -0.2) is 0 Å². The maximum atomic E-state index is 13.2. The molecule has 186 valence electrons. The van der Waals surface area contributed by atoms with Crippen LogP contribution in [0.15, 0.2) is 18.2 Å². The van der Waals surface area contributed by atoms with Crippen molar-refractivity contribution in [1.82, 2.24) is 24.6 Å². The second kappa shape index (κ2) is 8.89. The largest absolute Gasteiger partial charge is 0.451 e. The molecule has 0 bridgehead atoms. The van der Waals surface area contributed by atoms with Crippen LogP contribution in [0.1, 0.15) is 46.1 Å². The van der Waals surface area contributed by atoms with Crippen LogP contribution in [0.25, 0.3) is 10.9 Å². The fourth-order valence-corrected chi connectivity index (χ4v) is 5.08. The van der Waals surface area contributed by atoms with Crippen LogP contribution in [0.5, 0.6) is 0 Å². The van der Waals surface area contributed by atoms with Crippen LogP contribution in [-0.4, -0.2) is 56.5 Å². The number of aldehydes is 1. The van der Waals surface area contributed by atoms with E-state index in [0.29, 0.717) is 59.3 Å². The van der Waals surface area contributed by atoms with E-state index in [-0.39, 0.29) is 37.3 Å². The molecule has 0 atom stereocenters. The van der Waals surface area contributed by atoms with E-state index in [0.717, 1.165) is 10.9 Å². The Labute approximate surface area is 204 Å². The molecular formula is C24H22F3N7O2. The number of nitrogens with zero attached hydrogens (tertiary/aromatic N) is 7. The molecule has 1 aromatic carbocycles. The van der Waals surface area contributed by atoms with Gasteiger partial charge in [-0.15, -0.1) is 10.2 Å². The van der Waals surface area contributed by atoms with E-state index < -0.39 is 12.0 Å². The molecule has 5 rings (SSSR count). The lowest BCUT2D eigenvalue weighted by atomic mass is 9.93. The summed E-state index contributed by atoms with van der Waals surface area (Å²) in [5.41, 5.74) is 2.90. The summed E-state index contributed by atoms with van der Waals surface area (Å²) < 4.78 is 40.3. The predicted octanol–water partition coefficient (Wildman–Crippen LogP) is 3.10. The van der Waals surface area contributed by atoms with Crippen LogP contribution in [0.2, 0.25) is 0 Å². The number of carbonyl (C=O) groups is 2. The molecule has 12 heteroatoms. The van der Waals surface area contributed by atoms with E-state index >= 15 is 0 Å². The number of anilines is 1. The highest BCUT2D eigenvalue weighted by atomic mass is 19.4. The normalized spacial score (nSPS) is 16.6. The third-order valence-corrected chi connectivity index (χ3v) is 6.89. The number of piperidine rings is 1. The Kier molecular flexibility index (Phi) is 5.86. The quantitative estimate of drug-likeness (QED) is 0.512. The molecule has 0 saturated carbocycles. The van der Waals surface area contributed by atoms with Crippen LogP contribution in [0.3, 0.4) is 0 Å². The first-order chi connectivity index (χ1) is 17.2. The minimum atomic E-state index is -4.59. The monoisotopic (exact) mass is 497 g/mol. The molecule has 1 amide bonds. The van der Waals surface area contributed by atoms with Crippen LogP contribution < -0.4 is 4.90 Å². The van der Waals surface area contributed by atoms with Gasteiger partial charge in [0, 0.05) is 43.0 Å². The van der Waals surface area contributed by atoms with Gasteiger partial charge in [0.1, 0.15) is 12.4 Å². The van der Waals surface area contributed by atoms with Crippen molar-refractivity contribution < 1.29 is 22.8 Å². The average Bonchev–Trinajstić information content (AvgIpc) is 3.31. The van der Waals surface area contributed by atoms with Crippen molar-refractivity contribution in [3.8, 4) is 6.07 Å². The standard InChI is InChI=1S/C24H22F3N7O2/c1-14-18(11-28)21(17-10-15(13-35)2-3-19(17)29-14)32-6-4-16(5-7-32)22(36)33-8-9-34-20(12-33)30-31-23(34)24(25,26)27/h2-3,10,13,16H,4-9,12H2,1H3. The van der Waals surface area contributed by atoms with E-state index in [2.05, 4.69) is 26.2 Å². The van der Waals surface area contributed by atoms with Gasteiger partial charge in [-0.1, -0.05) is 0 Å². The zero-order valence-electron chi connectivity index (χ0n) is 19.4. The van der Waals surface area contributed by atoms with Crippen molar-refractivity contribution in [3.05, 3.63) is 46.7 Å². The van der Waals surface area contributed by atoms with Crippen LogP contribution in [0.4, 0.5) is 18.9 Å². The number of alkyl halides is 3. The van der Waals surface area contributed by atoms with Gasteiger partial charge in [0.25, 0.3) is 0 Å². The molecule has 0 radical (unpaired) electrons. The minimum absolute atomic E-state index is 0.00532. The van der Waals surface area contributed by atoms with Crippen molar-refractivity contribution >= 4 is 28.8 Å². The molecule has 0 spiro atoms. The number of fused-ring (bicyclic) bond motifs is 2. The number of pyridine rings is 1. The first-order valence-electron chi connectivity index (χ1n) is 11.5. The molecule has 4 heterocycles. The molecule has 1 fully saturated rings. The summed E-state index contributed by atoms with van der Waals surface area (Å²) in [7, 11) is 0. The van der Waals surface area contributed by atoms with Gasteiger partial charge in [-0.2, -0.15) is 18.4 Å². The van der Waals surface area contributed by atoms with Crippen molar-refractivity contribution in [2.24, 2.45) is 5.92 Å². The number of nitriles is 1. The number of benzene rings is 1. The summed E-state index contributed by atoms with van der Waals surface area (Å²) in [5.74, 6) is -1.31. The highest BCUT2D eigenvalue weighted by molar-refractivity contribution is 5.98. The van der Waals surface area contributed by atoms with Crippen LogP contribution in [-0.2, 0) is 24.1 Å². The van der Waals surface area contributed by atoms with Gasteiger partial charge in [-0.05, 0) is 38.0 Å². The first-order valence-corrected chi connectivity index (χ1v) is 11.5. The number of rotatable bonds is 3. The molecule has 0 unspecified atom stereocenters. The second-order valence-corrected chi connectivity index (χ2v) is 9.04. The Morgan fingerprint density at radius 3 is 2.58 bits per heavy atom. The van der Waals surface area contributed by atoms with Crippen molar-refractivity contribution in [2.45, 2.75) is 39.0 Å². The zero-order chi connectivity index (χ0) is 25.6. The molecule has 36 heavy (non-hydrogen) atoms. The molecule has 1 saturated heterocycles. The van der Waals surface area contributed by atoms with E-state index in [9.17, 15) is 28.0 Å². The lowest BCUT2D eigenvalue weighted by molar-refractivity contribution is -0.148. The second-order valence-electron chi connectivity index (χ2n) is 9.04. The topological polar surface area (TPSA) is 108 Å². The maximum absolute atomic E-state index is 13.2. The zero-order valence-corrected chi connectivity index (χ0v) is 19.4. The lowest BCUT2D eigenvalue weighted by Gasteiger charge is -2.37. The van der Waals surface area contributed by atoms with Gasteiger partial charge < -0.3 is 14.4 Å². The Hall–Kier alpha value is -4.01. The lowest BCUT2D eigenvalue weighted by Crippen LogP contribution is -2.45. The molecule has 2 aliphatic heterocycles. The smallest absolute Gasteiger partial charge is 0.370 e. The SMILES string of the molecule is Cc1nc2ccc(C=O)cc2c(N2CCC(C(=O)N3CCn4c(nnc4C(F)(F)F)C3)CC2)c1C#N. The van der Waals surface area contributed by atoms with E-state index in [1.807, 2.05) is 0 Å². The Morgan fingerprint density at radius 2 is 1.92 bits per heavy atom. The number of hydrogen-bond acceptors (Lipinski definition) is 7. The molecule has 3 aromatic rings. The summed E-state index contributed by atoms with van der Waals surface area (Å²) in [6, 6.07) is 7.40. The number of carbonyl (C=O) groups excluding carboxylic acids is 2. The van der Waals surface area contributed by atoms with Gasteiger partial charge >= 0.3 is 6.18 Å². The van der Waals surface area contributed by atoms with Gasteiger partial charge in [0.2, 0.25) is 11.7 Å². The number of aromatic nitrogens is 4. The minimum Gasteiger partial charge on any atom is -0.370 e. The number of halogens is 3. The van der Waals surface area contributed by atoms with E-state index in [1.54, 1.807) is 30.0 Å². The van der Waals surface area contributed by atoms with Crippen LogP contribution >= 0.6 is 0 Å². The highest BCUT2D eigenvalue weighted by Crippen LogP contribution is 2.35. The third kappa shape index (κ3) is 4.04. The van der Waals surface area contributed by atoms with Crippen LogP contribution in [0, 0.1) is 24.2 Å². The highest BCUT2D eigenvalue weighted by Gasteiger charge is 2.40. The van der Waals surface area contributed by atoms with Gasteiger partial charge in [0.15, 0.2) is 5.82 Å². The predicted molar refractivity (Wildman–Crippen MR) is 122 cm³/mol. The number of amides is 1. The Bertz CT molecular complexity index is 1400. The molecule has 0 N–H and O–H groups in total. The molecular weight excluding hydrogens is 475 g/mol. The van der Waals surface area contributed by atoms with Crippen molar-refractivity contribution in [2.75, 3.05) is 24.5 Å². The molecule has 2 aromatic heterocycles. The Balaban J connectivity index is 1.34. The van der Waals surface area contributed by atoms with E-state index in [4.69, 9.17) is 0 Å². The average molecular weight is 497 g/mol. The summed E-state index contributed by atoms with van der Waals surface area (Å²) in [4.78, 5) is 32.7. The maximum Gasteiger partial charge on any atom is 0.451 e. The number of aryl methyl sites for hydroxylation is 1. The first kappa shape index (κ1) is 23.7. The third-order valence-electron chi connectivity index (χ3n) is 6.89. The van der Waals surface area contributed by atoms with Crippen molar-refractivity contribution in [3.63, 3.8) is 0 Å². The summed E-state index contributed by atoms with van der Waals surface area (Å²) in [5, 5.41) is 17.5. The summed E-state index contributed by atoms with van der Waals surface area (Å²) in [6.45, 7) is 2.94. The van der Waals surface area contributed by atoms with Gasteiger partial charge in [-0.3, -0.25) is 14.6 Å². The molecule has 0 aliphatic carbocycles. The van der Waals surface area contributed by atoms with Crippen molar-refractivity contribution in [1.29, 1.82) is 5.26 Å². The molecule has 9 nitrogen and oxygen atoms in total. The fraction of sp³-hybridized carbons (Fsp3) is 0.417. The van der Waals surface area contributed by atoms with Gasteiger partial charge in [0.05, 0.1) is 29.0 Å².